The first-order valence-electron chi connectivity index (χ1n) is 5.48. The van der Waals surface area contributed by atoms with Gasteiger partial charge in [0.05, 0.1) is 6.54 Å². The van der Waals surface area contributed by atoms with E-state index in [1.807, 2.05) is 18.2 Å². The first kappa shape index (κ1) is 12.4. The van der Waals surface area contributed by atoms with Crippen LogP contribution in [0.4, 0.5) is 4.79 Å². The maximum Gasteiger partial charge on any atom is 0.411 e. The Morgan fingerprint density at radius 1 is 1.33 bits per heavy atom. The number of nitrogens with zero attached hydrogens (tertiary/aromatic N) is 1. The maximum atomic E-state index is 11.6. The zero-order valence-electron chi connectivity index (χ0n) is 9.52. The van der Waals surface area contributed by atoms with Crippen molar-refractivity contribution in [2.45, 2.75) is 18.8 Å². The number of β-amino-alcohol motifs (C(OH)–C–C–N with tert-alkyl or cyclic N) is 1. The molecule has 0 spiro atoms. The van der Waals surface area contributed by atoms with Gasteiger partial charge in [0.15, 0.2) is 6.04 Å². The number of benzene rings is 1. The smallest absolute Gasteiger partial charge is 0.411 e. The van der Waals surface area contributed by atoms with Gasteiger partial charge in [-0.05, 0) is 5.56 Å². The van der Waals surface area contributed by atoms with E-state index in [1.165, 1.54) is 0 Å². The molecule has 18 heavy (non-hydrogen) atoms. The highest BCUT2D eigenvalue weighted by Gasteiger charge is 2.46. The number of carboxylic acid groups (broad SMARTS) is 1. The Balaban J connectivity index is 1.88. The highest BCUT2D eigenvalue weighted by atomic mass is 16.6. The third kappa shape index (κ3) is 2.43. The second-order valence-electron chi connectivity index (χ2n) is 4.04. The van der Waals surface area contributed by atoms with Crippen LogP contribution >= 0.6 is 0 Å². The summed E-state index contributed by atoms with van der Waals surface area (Å²) in [5.74, 6) is -1.23. The fourth-order valence-electron chi connectivity index (χ4n) is 1.77. The van der Waals surface area contributed by atoms with Crippen LogP contribution in [-0.4, -0.2) is 45.9 Å². The van der Waals surface area contributed by atoms with Crippen molar-refractivity contribution in [3.05, 3.63) is 35.9 Å². The van der Waals surface area contributed by atoms with E-state index in [0.29, 0.717) is 0 Å². The Kier molecular flexibility index (Phi) is 3.47. The van der Waals surface area contributed by atoms with E-state index in [0.717, 1.165) is 10.5 Å². The number of hydrogen-bond donors (Lipinski definition) is 2. The molecular weight excluding hydrogens is 238 g/mol. The lowest BCUT2D eigenvalue weighted by Gasteiger charge is -2.41. The first-order chi connectivity index (χ1) is 8.59. The molecule has 0 aromatic heterocycles. The molecule has 1 heterocycles. The fourth-order valence-corrected chi connectivity index (χ4v) is 1.77. The van der Waals surface area contributed by atoms with Crippen LogP contribution in [-0.2, 0) is 16.1 Å². The highest BCUT2D eigenvalue weighted by molar-refractivity contribution is 5.82. The molecule has 6 heteroatoms. The van der Waals surface area contributed by atoms with Gasteiger partial charge in [-0.25, -0.2) is 9.59 Å². The Morgan fingerprint density at radius 3 is 2.56 bits per heavy atom. The van der Waals surface area contributed by atoms with Crippen molar-refractivity contribution in [1.82, 2.24) is 4.90 Å². The third-order valence-corrected chi connectivity index (χ3v) is 2.78. The molecular formula is C12H13NO5. The van der Waals surface area contributed by atoms with E-state index >= 15 is 0 Å². The molecule has 6 nitrogen and oxygen atoms in total. The van der Waals surface area contributed by atoms with E-state index in [4.69, 9.17) is 9.84 Å². The molecule has 1 aromatic rings. The average molecular weight is 251 g/mol. The Labute approximate surface area is 103 Å². The van der Waals surface area contributed by atoms with Crippen molar-refractivity contribution in [2.75, 3.05) is 6.54 Å². The van der Waals surface area contributed by atoms with Gasteiger partial charge in [-0.15, -0.1) is 0 Å². The number of carbonyl (C=O) groups excluding carboxylic acids is 1. The van der Waals surface area contributed by atoms with Crippen LogP contribution in [0.1, 0.15) is 5.56 Å². The zero-order chi connectivity index (χ0) is 13.1. The number of carboxylic acids is 1. The van der Waals surface area contributed by atoms with Gasteiger partial charge in [-0.1, -0.05) is 30.3 Å². The second-order valence-corrected chi connectivity index (χ2v) is 4.04. The molecule has 96 valence electrons. The fraction of sp³-hybridized carbons (Fsp3) is 0.333. The van der Waals surface area contributed by atoms with Gasteiger partial charge in [-0.3, -0.25) is 4.90 Å². The van der Waals surface area contributed by atoms with Crippen molar-refractivity contribution in [3.8, 4) is 0 Å². The number of aliphatic hydroxyl groups excluding tert-OH is 1. The quantitative estimate of drug-likeness (QED) is 0.814. The van der Waals surface area contributed by atoms with Gasteiger partial charge in [0.25, 0.3) is 0 Å². The Morgan fingerprint density at radius 2 is 2.00 bits per heavy atom. The third-order valence-electron chi connectivity index (χ3n) is 2.78. The summed E-state index contributed by atoms with van der Waals surface area (Å²) >= 11 is 0. The monoisotopic (exact) mass is 251 g/mol. The van der Waals surface area contributed by atoms with Gasteiger partial charge in [0.1, 0.15) is 12.7 Å². The number of likely N-dealkylation sites (tertiary alicyclic amines) is 1. The number of amides is 1. The molecule has 1 amide bonds. The molecule has 2 rings (SSSR count). The molecule has 0 saturated carbocycles. The number of rotatable bonds is 3. The predicted molar refractivity (Wildman–Crippen MR) is 60.8 cm³/mol. The molecule has 1 fully saturated rings. The van der Waals surface area contributed by atoms with Crippen LogP contribution in [0.2, 0.25) is 0 Å². The number of ether oxygens (including phenoxy) is 1. The van der Waals surface area contributed by atoms with Crippen LogP contribution < -0.4 is 0 Å². The first-order valence-corrected chi connectivity index (χ1v) is 5.48. The molecule has 0 radical (unpaired) electrons. The summed E-state index contributed by atoms with van der Waals surface area (Å²) in [6.45, 7) is 0.0726. The van der Waals surface area contributed by atoms with Crippen molar-refractivity contribution in [1.29, 1.82) is 0 Å². The summed E-state index contributed by atoms with van der Waals surface area (Å²) in [6.07, 6.45) is -1.75. The van der Waals surface area contributed by atoms with E-state index in [2.05, 4.69) is 0 Å². The van der Waals surface area contributed by atoms with Crippen LogP contribution in [0.15, 0.2) is 30.3 Å². The van der Waals surface area contributed by atoms with E-state index < -0.39 is 24.2 Å². The number of hydrogen-bond acceptors (Lipinski definition) is 4. The molecule has 1 aliphatic rings. The van der Waals surface area contributed by atoms with E-state index in [1.54, 1.807) is 12.1 Å². The lowest BCUT2D eigenvalue weighted by Crippen LogP contribution is -2.65. The minimum atomic E-state index is -1.23. The molecule has 2 unspecified atom stereocenters. The summed E-state index contributed by atoms with van der Waals surface area (Å²) in [4.78, 5) is 23.4. The Hall–Kier alpha value is -2.08. The van der Waals surface area contributed by atoms with Crippen LogP contribution in [0.5, 0.6) is 0 Å². The summed E-state index contributed by atoms with van der Waals surface area (Å²) in [5, 5.41) is 18.1. The van der Waals surface area contributed by atoms with Gasteiger partial charge in [0, 0.05) is 0 Å². The zero-order valence-corrected chi connectivity index (χ0v) is 9.52. The SMILES string of the molecule is O=C(O)C1C(O)CN1C(=O)OCc1ccccc1. The molecule has 2 atom stereocenters. The number of aliphatic hydroxyl groups is 1. The van der Waals surface area contributed by atoms with Crippen molar-refractivity contribution < 1.29 is 24.5 Å². The molecule has 1 aliphatic heterocycles. The molecule has 2 N–H and O–H groups in total. The summed E-state index contributed by atoms with van der Waals surface area (Å²) < 4.78 is 4.97. The van der Waals surface area contributed by atoms with Crippen LogP contribution in [0.25, 0.3) is 0 Å². The molecule has 0 bridgehead atoms. The second kappa shape index (κ2) is 5.05. The maximum absolute atomic E-state index is 11.6. The standard InChI is InChI=1S/C12H13NO5/c14-9-6-13(10(9)11(15)16)12(17)18-7-8-4-2-1-3-5-8/h1-5,9-10,14H,6-7H2,(H,15,16). The van der Waals surface area contributed by atoms with E-state index in [9.17, 15) is 14.7 Å². The van der Waals surface area contributed by atoms with Crippen LogP contribution in [0.3, 0.4) is 0 Å². The molecule has 0 aliphatic carbocycles. The van der Waals surface area contributed by atoms with Gasteiger partial charge in [0.2, 0.25) is 0 Å². The number of carbonyl (C=O) groups is 2. The summed E-state index contributed by atoms with van der Waals surface area (Å²) in [6, 6.07) is 7.87. The van der Waals surface area contributed by atoms with Crippen molar-refractivity contribution in [3.63, 3.8) is 0 Å². The van der Waals surface area contributed by atoms with Gasteiger partial charge >= 0.3 is 12.1 Å². The molecule has 1 saturated heterocycles. The Bertz CT molecular complexity index is 447. The normalized spacial score (nSPS) is 22.2. The van der Waals surface area contributed by atoms with Crippen molar-refractivity contribution in [2.24, 2.45) is 0 Å². The van der Waals surface area contributed by atoms with Gasteiger partial charge < -0.3 is 14.9 Å². The number of aliphatic carboxylic acids is 1. The lowest BCUT2D eigenvalue weighted by molar-refractivity contribution is -0.157. The van der Waals surface area contributed by atoms with Crippen molar-refractivity contribution >= 4 is 12.1 Å². The predicted octanol–water partition coefficient (Wildman–Crippen LogP) is 0.453. The molecule has 1 aromatic carbocycles. The average Bonchev–Trinajstić information content (AvgIpc) is 2.33. The van der Waals surface area contributed by atoms with E-state index in [-0.39, 0.29) is 13.2 Å². The summed E-state index contributed by atoms with van der Waals surface area (Å²) in [7, 11) is 0. The topological polar surface area (TPSA) is 87.1 Å². The van der Waals surface area contributed by atoms with Crippen LogP contribution in [0, 0.1) is 0 Å². The largest absolute Gasteiger partial charge is 0.480 e. The highest BCUT2D eigenvalue weighted by Crippen LogP contribution is 2.20. The summed E-state index contributed by atoms with van der Waals surface area (Å²) in [5.41, 5.74) is 0.818. The minimum Gasteiger partial charge on any atom is -0.480 e. The minimum absolute atomic E-state index is 0.00934. The lowest BCUT2D eigenvalue weighted by atomic mass is 10.0. The van der Waals surface area contributed by atoms with Gasteiger partial charge in [-0.2, -0.15) is 0 Å².